The van der Waals surface area contributed by atoms with Gasteiger partial charge in [0.2, 0.25) is 5.76 Å². The third-order valence-electron chi connectivity index (χ3n) is 2.32. The molecular weight excluding hydrogens is 248 g/mol. The molecule has 18 heavy (non-hydrogen) atoms. The Bertz CT molecular complexity index is 363. The van der Waals surface area contributed by atoms with Crippen LogP contribution in [0, 0.1) is 0 Å². The molecule has 0 aromatic rings. The molecule has 4 N–H and O–H groups in total. The van der Waals surface area contributed by atoms with Crippen molar-refractivity contribution in [2.75, 3.05) is 6.61 Å². The third-order valence-corrected chi connectivity index (χ3v) is 2.32. The lowest BCUT2D eigenvalue weighted by Gasteiger charge is -2.33. The highest BCUT2D eigenvalue weighted by Gasteiger charge is 2.39. The number of aliphatic hydroxyl groups excluding tert-OH is 3. The largest absolute Gasteiger partial charge is 0.478 e. The summed E-state index contributed by atoms with van der Waals surface area (Å²) in [6, 6.07) is 0. The predicted octanol–water partition coefficient (Wildman–Crippen LogP) is -2.00. The summed E-state index contributed by atoms with van der Waals surface area (Å²) in [6.45, 7) is 0.652. The van der Waals surface area contributed by atoms with E-state index in [1.54, 1.807) is 0 Å². The summed E-state index contributed by atoms with van der Waals surface area (Å²) in [4.78, 5) is 21.2. The van der Waals surface area contributed by atoms with Crippen LogP contribution in [0.25, 0.3) is 0 Å². The zero-order valence-corrected chi connectivity index (χ0v) is 9.52. The molecular formula is C10H14O8. The Morgan fingerprint density at radius 1 is 1.50 bits per heavy atom. The van der Waals surface area contributed by atoms with Gasteiger partial charge >= 0.3 is 11.9 Å². The molecule has 1 rings (SSSR count). The van der Waals surface area contributed by atoms with Gasteiger partial charge in [0, 0.05) is 6.92 Å². The van der Waals surface area contributed by atoms with Crippen LogP contribution in [0.1, 0.15) is 6.92 Å². The Morgan fingerprint density at radius 3 is 2.61 bits per heavy atom. The molecule has 0 aromatic heterocycles. The van der Waals surface area contributed by atoms with Crippen molar-refractivity contribution in [2.45, 2.75) is 31.3 Å². The standard InChI is InChI=1S/C10H14O8/c1-4(11)17-3-6(13)9-8(14)5(12)2-7(18-9)10(15)16/h2,5-6,8-9,12-14H,3H2,1H3,(H,15,16)/t5-,6-,8-,9?/m1/s1. The highest BCUT2D eigenvalue weighted by molar-refractivity contribution is 5.84. The smallest absolute Gasteiger partial charge is 0.370 e. The van der Waals surface area contributed by atoms with Crippen LogP contribution in [-0.4, -0.2) is 63.4 Å². The molecule has 1 aliphatic heterocycles. The molecule has 0 saturated heterocycles. The van der Waals surface area contributed by atoms with Gasteiger partial charge in [-0.3, -0.25) is 4.79 Å². The summed E-state index contributed by atoms with van der Waals surface area (Å²) in [7, 11) is 0. The fourth-order valence-corrected chi connectivity index (χ4v) is 1.43. The normalized spacial score (nSPS) is 28.9. The number of aliphatic hydroxyl groups is 3. The van der Waals surface area contributed by atoms with E-state index in [1.165, 1.54) is 0 Å². The number of carbonyl (C=O) groups is 2. The van der Waals surface area contributed by atoms with Gasteiger partial charge in [-0.2, -0.15) is 0 Å². The second kappa shape index (κ2) is 5.80. The van der Waals surface area contributed by atoms with Crippen LogP contribution >= 0.6 is 0 Å². The quantitative estimate of drug-likeness (QED) is 0.427. The van der Waals surface area contributed by atoms with Gasteiger partial charge in [-0.25, -0.2) is 4.79 Å². The summed E-state index contributed by atoms with van der Waals surface area (Å²) < 4.78 is 9.34. The summed E-state index contributed by atoms with van der Waals surface area (Å²) in [5.74, 6) is -2.67. The van der Waals surface area contributed by atoms with Crippen molar-refractivity contribution in [3.63, 3.8) is 0 Å². The lowest BCUT2D eigenvalue weighted by Crippen LogP contribution is -2.50. The van der Waals surface area contributed by atoms with Crippen LogP contribution in [0.3, 0.4) is 0 Å². The Hall–Kier alpha value is -1.64. The fourth-order valence-electron chi connectivity index (χ4n) is 1.43. The van der Waals surface area contributed by atoms with Gasteiger partial charge < -0.3 is 29.9 Å². The van der Waals surface area contributed by atoms with E-state index in [-0.39, 0.29) is 0 Å². The van der Waals surface area contributed by atoms with Gasteiger partial charge in [0.25, 0.3) is 0 Å². The molecule has 0 spiro atoms. The summed E-state index contributed by atoms with van der Waals surface area (Å²) in [5, 5.41) is 37.3. The molecule has 4 atom stereocenters. The van der Waals surface area contributed by atoms with Crippen LogP contribution < -0.4 is 0 Å². The minimum absolute atomic E-state index is 0.476. The van der Waals surface area contributed by atoms with E-state index in [1.807, 2.05) is 0 Å². The summed E-state index contributed by atoms with van der Waals surface area (Å²) in [5.41, 5.74) is 0. The number of carboxylic acid groups (broad SMARTS) is 1. The van der Waals surface area contributed by atoms with Gasteiger partial charge in [-0.15, -0.1) is 0 Å². The molecule has 0 amide bonds. The minimum Gasteiger partial charge on any atom is -0.478 e. The molecule has 1 aliphatic rings. The van der Waals surface area contributed by atoms with Crippen LogP contribution in [0.15, 0.2) is 11.8 Å². The molecule has 8 nitrogen and oxygen atoms in total. The second-order valence-electron chi connectivity index (χ2n) is 3.77. The van der Waals surface area contributed by atoms with E-state index in [0.29, 0.717) is 0 Å². The van der Waals surface area contributed by atoms with Gasteiger partial charge in [0.05, 0.1) is 0 Å². The number of hydrogen-bond acceptors (Lipinski definition) is 7. The van der Waals surface area contributed by atoms with Gasteiger partial charge in [-0.05, 0) is 6.08 Å². The monoisotopic (exact) mass is 262 g/mol. The van der Waals surface area contributed by atoms with E-state index < -0.39 is 48.7 Å². The van der Waals surface area contributed by atoms with E-state index in [2.05, 4.69) is 4.74 Å². The van der Waals surface area contributed by atoms with Crippen molar-refractivity contribution in [1.29, 1.82) is 0 Å². The van der Waals surface area contributed by atoms with Gasteiger partial charge in [-0.1, -0.05) is 0 Å². The number of aliphatic carboxylic acids is 1. The highest BCUT2D eigenvalue weighted by Crippen LogP contribution is 2.21. The molecule has 0 saturated carbocycles. The van der Waals surface area contributed by atoms with Crippen molar-refractivity contribution < 1.29 is 39.5 Å². The first-order chi connectivity index (χ1) is 8.32. The minimum atomic E-state index is -1.52. The zero-order valence-electron chi connectivity index (χ0n) is 9.52. The number of carboxylic acids is 1. The van der Waals surface area contributed by atoms with Crippen molar-refractivity contribution in [1.82, 2.24) is 0 Å². The maximum atomic E-state index is 10.7. The topological polar surface area (TPSA) is 134 Å². The molecule has 8 heteroatoms. The molecule has 0 radical (unpaired) electrons. The molecule has 0 fully saturated rings. The van der Waals surface area contributed by atoms with E-state index in [9.17, 15) is 24.9 Å². The van der Waals surface area contributed by atoms with Gasteiger partial charge in [0.15, 0.2) is 6.10 Å². The first-order valence-corrected chi connectivity index (χ1v) is 5.12. The van der Waals surface area contributed by atoms with Crippen LogP contribution in [0.4, 0.5) is 0 Å². The first kappa shape index (κ1) is 14.4. The maximum Gasteiger partial charge on any atom is 0.370 e. The van der Waals surface area contributed by atoms with E-state index in [0.717, 1.165) is 13.0 Å². The Labute approximate surface area is 102 Å². The number of ether oxygens (including phenoxy) is 2. The fraction of sp³-hybridized carbons (Fsp3) is 0.600. The van der Waals surface area contributed by atoms with Crippen LogP contribution in [0.2, 0.25) is 0 Å². The molecule has 102 valence electrons. The number of hydrogen-bond donors (Lipinski definition) is 4. The molecule has 0 bridgehead atoms. The zero-order chi connectivity index (χ0) is 13.9. The second-order valence-corrected chi connectivity index (χ2v) is 3.77. The Balaban J connectivity index is 2.73. The third kappa shape index (κ3) is 3.42. The first-order valence-electron chi connectivity index (χ1n) is 5.12. The molecule has 1 heterocycles. The Morgan fingerprint density at radius 2 is 2.11 bits per heavy atom. The average molecular weight is 262 g/mol. The molecule has 0 aromatic carbocycles. The van der Waals surface area contributed by atoms with E-state index >= 15 is 0 Å². The van der Waals surface area contributed by atoms with Crippen LogP contribution in [-0.2, 0) is 19.1 Å². The van der Waals surface area contributed by atoms with Crippen molar-refractivity contribution in [3.05, 3.63) is 11.8 Å². The molecule has 0 aliphatic carbocycles. The molecule has 1 unspecified atom stereocenters. The van der Waals surface area contributed by atoms with Crippen molar-refractivity contribution >= 4 is 11.9 Å². The number of rotatable bonds is 4. The maximum absolute atomic E-state index is 10.7. The highest BCUT2D eigenvalue weighted by atomic mass is 16.6. The predicted molar refractivity (Wildman–Crippen MR) is 55.2 cm³/mol. The van der Waals surface area contributed by atoms with Crippen LogP contribution in [0.5, 0.6) is 0 Å². The van der Waals surface area contributed by atoms with Crippen molar-refractivity contribution in [2.24, 2.45) is 0 Å². The van der Waals surface area contributed by atoms with Gasteiger partial charge in [0.1, 0.15) is 24.9 Å². The summed E-state index contributed by atoms with van der Waals surface area (Å²) in [6.07, 6.45) is -5.03. The van der Waals surface area contributed by atoms with E-state index in [4.69, 9.17) is 9.84 Å². The number of esters is 1. The number of carbonyl (C=O) groups excluding carboxylic acids is 1. The average Bonchev–Trinajstić information content (AvgIpc) is 2.29. The lowest BCUT2D eigenvalue weighted by molar-refractivity contribution is -0.163. The lowest BCUT2D eigenvalue weighted by atomic mass is 10.00. The van der Waals surface area contributed by atoms with Crippen molar-refractivity contribution in [3.8, 4) is 0 Å². The summed E-state index contributed by atoms with van der Waals surface area (Å²) >= 11 is 0. The Kier molecular flexibility index (Phi) is 4.65. The SMILES string of the molecule is CC(=O)OC[C@@H](O)C1OC(C(=O)O)=C[C@@H](O)[C@H]1O.